The zero-order valence-corrected chi connectivity index (χ0v) is 14.4. The molecule has 0 spiro atoms. The second kappa shape index (κ2) is 8.34. The Balaban J connectivity index is 1.53. The number of carbonyl (C=O) groups excluding carboxylic acids is 1. The van der Waals surface area contributed by atoms with Crippen molar-refractivity contribution < 1.29 is 4.79 Å². The first-order valence-corrected chi connectivity index (χ1v) is 8.83. The molecular weight excluding hydrogens is 310 g/mol. The lowest BCUT2D eigenvalue weighted by molar-refractivity contribution is -0.130. The molecular formula is C21H23N3O. The van der Waals surface area contributed by atoms with Crippen LogP contribution in [0.5, 0.6) is 0 Å². The minimum absolute atomic E-state index is 0.241. The molecule has 0 aromatic heterocycles. The molecule has 4 heteroatoms. The lowest BCUT2D eigenvalue weighted by Crippen LogP contribution is -2.35. The third-order valence-corrected chi connectivity index (χ3v) is 4.68. The maximum absolute atomic E-state index is 12.5. The van der Waals surface area contributed by atoms with Crippen LogP contribution in [-0.4, -0.2) is 37.0 Å². The Bertz CT molecular complexity index is 734. The summed E-state index contributed by atoms with van der Waals surface area (Å²) in [6.45, 7) is 3.35. The second-order valence-electron chi connectivity index (χ2n) is 6.37. The summed E-state index contributed by atoms with van der Waals surface area (Å²) in [6, 6.07) is 20.0. The van der Waals surface area contributed by atoms with Crippen molar-refractivity contribution in [3.05, 3.63) is 65.7 Å². The Morgan fingerprint density at radius 1 is 0.960 bits per heavy atom. The second-order valence-corrected chi connectivity index (χ2v) is 6.37. The first-order chi connectivity index (χ1) is 12.3. The van der Waals surface area contributed by atoms with Crippen molar-refractivity contribution in [1.29, 1.82) is 5.26 Å². The summed E-state index contributed by atoms with van der Waals surface area (Å²) >= 11 is 0. The van der Waals surface area contributed by atoms with E-state index in [4.69, 9.17) is 5.26 Å². The lowest BCUT2D eigenvalue weighted by atomic mass is 10.1. The third-order valence-electron chi connectivity index (χ3n) is 4.68. The Morgan fingerprint density at radius 2 is 1.72 bits per heavy atom. The average molecular weight is 333 g/mol. The first kappa shape index (κ1) is 17.0. The number of rotatable bonds is 4. The highest BCUT2D eigenvalue weighted by atomic mass is 16.2. The van der Waals surface area contributed by atoms with Crippen molar-refractivity contribution in [2.75, 3.05) is 31.1 Å². The van der Waals surface area contributed by atoms with E-state index in [1.165, 1.54) is 5.56 Å². The Hall–Kier alpha value is -2.80. The van der Waals surface area contributed by atoms with Crippen LogP contribution >= 0.6 is 0 Å². The quantitative estimate of drug-likeness (QED) is 0.863. The van der Waals surface area contributed by atoms with Gasteiger partial charge in [0.25, 0.3) is 0 Å². The summed E-state index contributed by atoms with van der Waals surface area (Å²) in [6.07, 6.45) is 2.34. The van der Waals surface area contributed by atoms with E-state index in [-0.39, 0.29) is 5.91 Å². The van der Waals surface area contributed by atoms with E-state index in [0.29, 0.717) is 12.0 Å². The average Bonchev–Trinajstić information content (AvgIpc) is 2.93. The highest BCUT2D eigenvalue weighted by Gasteiger charge is 2.19. The number of amides is 1. The zero-order chi connectivity index (χ0) is 17.5. The van der Waals surface area contributed by atoms with Gasteiger partial charge in [0.15, 0.2) is 0 Å². The van der Waals surface area contributed by atoms with Gasteiger partial charge in [-0.15, -0.1) is 0 Å². The van der Waals surface area contributed by atoms with Crippen LogP contribution in [0.15, 0.2) is 54.6 Å². The molecule has 128 valence electrons. The molecule has 0 bridgehead atoms. The van der Waals surface area contributed by atoms with Crippen molar-refractivity contribution >= 4 is 11.6 Å². The molecule has 0 N–H and O–H groups in total. The van der Waals surface area contributed by atoms with Crippen molar-refractivity contribution in [3.63, 3.8) is 0 Å². The summed E-state index contributed by atoms with van der Waals surface area (Å²) in [7, 11) is 0. The molecule has 1 fully saturated rings. The van der Waals surface area contributed by atoms with Gasteiger partial charge < -0.3 is 9.80 Å². The van der Waals surface area contributed by atoms with Crippen LogP contribution < -0.4 is 4.90 Å². The number of benzene rings is 2. The summed E-state index contributed by atoms with van der Waals surface area (Å²) in [4.78, 5) is 16.8. The van der Waals surface area contributed by atoms with Crippen LogP contribution in [0.3, 0.4) is 0 Å². The third kappa shape index (κ3) is 4.60. The molecule has 2 aromatic rings. The molecule has 2 aromatic carbocycles. The molecule has 3 rings (SSSR count). The Labute approximate surface area is 149 Å². The van der Waals surface area contributed by atoms with Gasteiger partial charge >= 0.3 is 0 Å². The zero-order valence-electron chi connectivity index (χ0n) is 14.4. The van der Waals surface area contributed by atoms with Gasteiger partial charge in [-0.1, -0.05) is 30.3 Å². The molecule has 4 nitrogen and oxygen atoms in total. The maximum atomic E-state index is 12.5. The van der Waals surface area contributed by atoms with Crippen molar-refractivity contribution in [2.24, 2.45) is 0 Å². The number of nitriles is 1. The van der Waals surface area contributed by atoms with E-state index in [9.17, 15) is 4.79 Å². The van der Waals surface area contributed by atoms with Gasteiger partial charge in [0.2, 0.25) is 5.91 Å². The van der Waals surface area contributed by atoms with Crippen LogP contribution in [0, 0.1) is 11.3 Å². The van der Waals surface area contributed by atoms with E-state index < -0.39 is 0 Å². The number of hydrogen-bond donors (Lipinski definition) is 0. The molecule has 0 radical (unpaired) electrons. The fourth-order valence-corrected chi connectivity index (χ4v) is 3.23. The highest BCUT2D eigenvalue weighted by Crippen LogP contribution is 2.18. The molecule has 1 saturated heterocycles. The van der Waals surface area contributed by atoms with E-state index in [1.807, 2.05) is 47.4 Å². The minimum Gasteiger partial charge on any atom is -0.370 e. The largest absolute Gasteiger partial charge is 0.370 e. The fraction of sp³-hybridized carbons (Fsp3) is 0.333. The van der Waals surface area contributed by atoms with Crippen LogP contribution in [0.25, 0.3) is 0 Å². The van der Waals surface area contributed by atoms with Crippen LogP contribution in [-0.2, 0) is 11.2 Å². The van der Waals surface area contributed by atoms with Crippen molar-refractivity contribution in [3.8, 4) is 6.07 Å². The van der Waals surface area contributed by atoms with Crippen molar-refractivity contribution in [2.45, 2.75) is 19.3 Å². The van der Waals surface area contributed by atoms with Crippen LogP contribution in [0.1, 0.15) is 24.0 Å². The molecule has 25 heavy (non-hydrogen) atoms. The lowest BCUT2D eigenvalue weighted by Gasteiger charge is -2.24. The smallest absolute Gasteiger partial charge is 0.222 e. The van der Waals surface area contributed by atoms with Gasteiger partial charge in [0.1, 0.15) is 0 Å². The van der Waals surface area contributed by atoms with E-state index in [1.54, 1.807) is 0 Å². The Kier molecular flexibility index (Phi) is 5.69. The van der Waals surface area contributed by atoms with Gasteiger partial charge in [-0.2, -0.15) is 5.26 Å². The topological polar surface area (TPSA) is 47.3 Å². The van der Waals surface area contributed by atoms with E-state index >= 15 is 0 Å². The van der Waals surface area contributed by atoms with Gasteiger partial charge in [0.05, 0.1) is 11.6 Å². The van der Waals surface area contributed by atoms with Gasteiger partial charge in [-0.3, -0.25) is 4.79 Å². The molecule has 0 unspecified atom stereocenters. The summed E-state index contributed by atoms with van der Waals surface area (Å²) < 4.78 is 0. The van der Waals surface area contributed by atoms with Gasteiger partial charge in [-0.05, 0) is 42.7 Å². The summed E-state index contributed by atoms with van der Waals surface area (Å²) in [5.41, 5.74) is 3.01. The molecule has 0 aliphatic carbocycles. The molecule has 1 aliphatic heterocycles. The number of hydrogen-bond acceptors (Lipinski definition) is 3. The first-order valence-electron chi connectivity index (χ1n) is 8.83. The van der Waals surface area contributed by atoms with Gasteiger partial charge in [0, 0.05) is 38.3 Å². The maximum Gasteiger partial charge on any atom is 0.222 e. The number of carbonyl (C=O) groups is 1. The molecule has 1 aliphatic rings. The van der Waals surface area contributed by atoms with Crippen LogP contribution in [0.4, 0.5) is 5.69 Å². The van der Waals surface area contributed by atoms with E-state index in [2.05, 4.69) is 23.1 Å². The number of nitrogens with zero attached hydrogens (tertiary/aromatic N) is 3. The van der Waals surface area contributed by atoms with Crippen LogP contribution in [0.2, 0.25) is 0 Å². The van der Waals surface area contributed by atoms with E-state index in [0.717, 1.165) is 44.7 Å². The fourth-order valence-electron chi connectivity index (χ4n) is 3.23. The summed E-state index contributed by atoms with van der Waals surface area (Å²) in [5, 5.41) is 8.90. The number of anilines is 1. The normalized spacial score (nSPS) is 14.7. The predicted molar refractivity (Wildman–Crippen MR) is 99.3 cm³/mol. The molecule has 1 heterocycles. The van der Waals surface area contributed by atoms with Crippen molar-refractivity contribution in [1.82, 2.24) is 4.90 Å². The Morgan fingerprint density at radius 3 is 2.44 bits per heavy atom. The minimum atomic E-state index is 0.241. The SMILES string of the molecule is N#Cc1ccc(N2CCCN(C(=O)CCc3ccccc3)CC2)cc1. The molecule has 0 saturated carbocycles. The predicted octanol–water partition coefficient (Wildman–Crippen LogP) is 3.23. The standard InChI is InChI=1S/C21H23N3O/c22-17-19-7-10-20(11-8-19)23-13-4-14-24(16-15-23)21(25)12-9-18-5-2-1-3-6-18/h1-3,5-8,10-11H,4,9,12-16H2. The van der Waals surface area contributed by atoms with Gasteiger partial charge in [-0.25, -0.2) is 0 Å². The monoisotopic (exact) mass is 333 g/mol. The molecule has 0 atom stereocenters. The highest BCUT2D eigenvalue weighted by molar-refractivity contribution is 5.76. The summed E-state index contributed by atoms with van der Waals surface area (Å²) in [5.74, 6) is 0.241. The molecule has 1 amide bonds. The number of aryl methyl sites for hydroxylation is 1.